The third-order valence-electron chi connectivity index (χ3n) is 3.04. The molecule has 1 aromatic carbocycles. The van der Waals surface area contributed by atoms with Gasteiger partial charge >= 0.3 is 0 Å². The van der Waals surface area contributed by atoms with Gasteiger partial charge in [-0.15, -0.1) is 12.4 Å². The molecule has 0 saturated heterocycles. The van der Waals surface area contributed by atoms with Crippen molar-refractivity contribution in [2.75, 3.05) is 19.8 Å². The first-order valence-corrected chi connectivity index (χ1v) is 6.43. The number of carbonyl (C=O) groups is 1. The van der Waals surface area contributed by atoms with Crippen LogP contribution in [0.2, 0.25) is 0 Å². The average Bonchev–Trinajstić information content (AvgIpc) is 3.22. The Bertz CT molecular complexity index is 382. The van der Waals surface area contributed by atoms with Crippen LogP contribution in [0.1, 0.15) is 24.4 Å². The molecular formula is C14H21ClN2O2. The smallest absolute Gasteiger partial charge is 0.241 e. The number of rotatable bonds is 7. The monoisotopic (exact) mass is 284 g/mol. The molecule has 1 saturated carbocycles. The molecule has 3 N–H and O–H groups in total. The van der Waals surface area contributed by atoms with Gasteiger partial charge in [-0.2, -0.15) is 0 Å². The maximum Gasteiger partial charge on any atom is 0.241 e. The van der Waals surface area contributed by atoms with Gasteiger partial charge in [-0.3, -0.25) is 4.79 Å². The average molecular weight is 285 g/mol. The van der Waals surface area contributed by atoms with Crippen LogP contribution in [0.4, 0.5) is 0 Å². The number of halogens is 1. The molecule has 0 radical (unpaired) electrons. The summed E-state index contributed by atoms with van der Waals surface area (Å²) in [5, 5.41) is 2.79. The van der Waals surface area contributed by atoms with Crippen molar-refractivity contribution in [3.63, 3.8) is 0 Å². The molecule has 4 nitrogen and oxygen atoms in total. The first kappa shape index (κ1) is 16.0. The topological polar surface area (TPSA) is 64.4 Å². The summed E-state index contributed by atoms with van der Waals surface area (Å²) in [6.45, 7) is 1.90. The molecule has 5 heteroatoms. The van der Waals surface area contributed by atoms with Crippen LogP contribution in [0.25, 0.3) is 0 Å². The molecule has 1 amide bonds. The Morgan fingerprint density at radius 2 is 2.05 bits per heavy atom. The lowest BCUT2D eigenvalue weighted by Gasteiger charge is -2.12. The second-order valence-electron chi connectivity index (χ2n) is 4.70. The van der Waals surface area contributed by atoms with Crippen molar-refractivity contribution in [1.82, 2.24) is 5.32 Å². The van der Waals surface area contributed by atoms with E-state index in [1.807, 2.05) is 30.3 Å². The van der Waals surface area contributed by atoms with Crippen LogP contribution in [0.15, 0.2) is 30.3 Å². The zero-order chi connectivity index (χ0) is 12.8. The maximum atomic E-state index is 11.8. The molecule has 2 rings (SSSR count). The van der Waals surface area contributed by atoms with E-state index in [0.29, 0.717) is 13.2 Å². The lowest BCUT2D eigenvalue weighted by Crippen LogP contribution is -2.36. The Hall–Kier alpha value is -1.10. The van der Waals surface area contributed by atoms with E-state index in [1.165, 1.54) is 12.8 Å². The van der Waals surface area contributed by atoms with Crippen LogP contribution < -0.4 is 11.1 Å². The Morgan fingerprint density at radius 3 is 2.68 bits per heavy atom. The van der Waals surface area contributed by atoms with Crippen LogP contribution >= 0.6 is 12.4 Å². The van der Waals surface area contributed by atoms with Crippen molar-refractivity contribution in [2.24, 2.45) is 11.7 Å². The number of nitrogens with one attached hydrogen (secondary N) is 1. The molecule has 106 valence electrons. The predicted molar refractivity (Wildman–Crippen MR) is 77.2 cm³/mol. The van der Waals surface area contributed by atoms with Crippen LogP contribution in [0.3, 0.4) is 0 Å². The van der Waals surface area contributed by atoms with Crippen LogP contribution in [0, 0.1) is 5.92 Å². The minimum absolute atomic E-state index is 0. The minimum Gasteiger partial charge on any atom is -0.379 e. The molecule has 0 bridgehead atoms. The highest BCUT2D eigenvalue weighted by atomic mass is 35.5. The van der Waals surface area contributed by atoms with Crippen LogP contribution in [-0.2, 0) is 9.53 Å². The lowest BCUT2D eigenvalue weighted by molar-refractivity contribution is -0.122. The Balaban J connectivity index is 0.00000180. The minimum atomic E-state index is -0.602. The molecule has 0 heterocycles. The van der Waals surface area contributed by atoms with E-state index in [2.05, 4.69) is 5.32 Å². The maximum absolute atomic E-state index is 11.8. The first-order valence-electron chi connectivity index (χ1n) is 6.43. The van der Waals surface area contributed by atoms with Gasteiger partial charge in [0.15, 0.2) is 0 Å². The second-order valence-corrected chi connectivity index (χ2v) is 4.70. The molecule has 1 aliphatic rings. The van der Waals surface area contributed by atoms with Crippen molar-refractivity contribution in [3.05, 3.63) is 35.9 Å². The van der Waals surface area contributed by atoms with Crippen LogP contribution in [0.5, 0.6) is 0 Å². The quantitative estimate of drug-likeness (QED) is 0.749. The van der Waals surface area contributed by atoms with Crippen LogP contribution in [-0.4, -0.2) is 25.7 Å². The summed E-state index contributed by atoms with van der Waals surface area (Å²) in [6.07, 6.45) is 2.57. The third-order valence-corrected chi connectivity index (χ3v) is 3.04. The Labute approximate surface area is 120 Å². The van der Waals surface area contributed by atoms with Gasteiger partial charge in [0.25, 0.3) is 0 Å². The normalized spacial score (nSPS) is 15.4. The number of hydrogen-bond acceptors (Lipinski definition) is 3. The summed E-state index contributed by atoms with van der Waals surface area (Å²) < 4.78 is 5.44. The molecule has 0 aromatic heterocycles. The summed E-state index contributed by atoms with van der Waals surface area (Å²) in [5.74, 6) is 0.600. The van der Waals surface area contributed by atoms with Gasteiger partial charge < -0.3 is 15.8 Å². The summed E-state index contributed by atoms with van der Waals surface area (Å²) >= 11 is 0. The van der Waals surface area contributed by atoms with Gasteiger partial charge in [-0.25, -0.2) is 0 Å². The second kappa shape index (κ2) is 8.15. The fourth-order valence-electron chi connectivity index (χ4n) is 1.70. The summed E-state index contributed by atoms with van der Waals surface area (Å²) in [7, 11) is 0. The van der Waals surface area contributed by atoms with E-state index in [1.54, 1.807) is 0 Å². The predicted octanol–water partition coefficient (Wildman–Crippen LogP) is 1.65. The van der Waals surface area contributed by atoms with Gasteiger partial charge in [0.1, 0.15) is 6.04 Å². The highest BCUT2D eigenvalue weighted by Gasteiger charge is 2.21. The van der Waals surface area contributed by atoms with E-state index in [-0.39, 0.29) is 18.3 Å². The van der Waals surface area contributed by atoms with Crippen molar-refractivity contribution in [3.8, 4) is 0 Å². The summed E-state index contributed by atoms with van der Waals surface area (Å²) in [6, 6.07) is 8.76. The highest BCUT2D eigenvalue weighted by molar-refractivity contribution is 5.85. The van der Waals surface area contributed by atoms with E-state index in [4.69, 9.17) is 10.5 Å². The summed E-state index contributed by atoms with van der Waals surface area (Å²) in [5.41, 5.74) is 6.69. The van der Waals surface area contributed by atoms with Gasteiger partial charge in [0, 0.05) is 13.2 Å². The molecule has 1 fully saturated rings. The fourth-order valence-corrected chi connectivity index (χ4v) is 1.70. The highest BCUT2D eigenvalue weighted by Crippen LogP contribution is 2.28. The molecule has 0 spiro atoms. The zero-order valence-corrected chi connectivity index (χ0v) is 11.7. The van der Waals surface area contributed by atoms with E-state index in [0.717, 1.165) is 18.1 Å². The van der Waals surface area contributed by atoms with Crippen molar-refractivity contribution < 1.29 is 9.53 Å². The number of hydrogen-bond donors (Lipinski definition) is 2. The van der Waals surface area contributed by atoms with Crippen molar-refractivity contribution >= 4 is 18.3 Å². The molecular weight excluding hydrogens is 264 g/mol. The largest absolute Gasteiger partial charge is 0.379 e. The molecule has 1 unspecified atom stereocenters. The van der Waals surface area contributed by atoms with Crippen molar-refractivity contribution in [1.29, 1.82) is 0 Å². The zero-order valence-electron chi connectivity index (χ0n) is 10.9. The number of benzene rings is 1. The van der Waals surface area contributed by atoms with E-state index >= 15 is 0 Å². The summed E-state index contributed by atoms with van der Waals surface area (Å²) in [4.78, 5) is 11.8. The molecule has 1 aromatic rings. The SMILES string of the molecule is Cl.NC(C(=O)NCCOCC1CC1)c1ccccc1. The van der Waals surface area contributed by atoms with Gasteiger partial charge in [0.05, 0.1) is 6.61 Å². The molecule has 1 aliphatic carbocycles. The molecule has 1 atom stereocenters. The lowest BCUT2D eigenvalue weighted by atomic mass is 10.1. The number of amides is 1. The van der Waals surface area contributed by atoms with E-state index < -0.39 is 6.04 Å². The number of carbonyl (C=O) groups excluding carboxylic acids is 1. The van der Waals surface area contributed by atoms with Crippen molar-refractivity contribution in [2.45, 2.75) is 18.9 Å². The fraction of sp³-hybridized carbons (Fsp3) is 0.500. The standard InChI is InChI=1S/C14H20N2O2.ClH/c15-13(12-4-2-1-3-5-12)14(17)16-8-9-18-10-11-6-7-11;/h1-5,11,13H,6-10,15H2,(H,16,17);1H. The number of nitrogens with two attached hydrogens (primary N) is 1. The first-order chi connectivity index (χ1) is 8.77. The molecule has 19 heavy (non-hydrogen) atoms. The van der Waals surface area contributed by atoms with Gasteiger partial charge in [-0.1, -0.05) is 30.3 Å². The van der Waals surface area contributed by atoms with Gasteiger partial charge in [-0.05, 0) is 24.3 Å². The van der Waals surface area contributed by atoms with E-state index in [9.17, 15) is 4.79 Å². The Kier molecular flexibility index (Phi) is 6.84. The Morgan fingerprint density at radius 1 is 1.37 bits per heavy atom. The molecule has 0 aliphatic heterocycles. The van der Waals surface area contributed by atoms with Gasteiger partial charge in [0.2, 0.25) is 5.91 Å². The third kappa shape index (κ3) is 5.59. The number of ether oxygens (including phenoxy) is 1.